The van der Waals surface area contributed by atoms with E-state index < -0.39 is 0 Å². The predicted octanol–water partition coefficient (Wildman–Crippen LogP) is 0.731. The van der Waals surface area contributed by atoms with E-state index in [0.29, 0.717) is 0 Å². The fourth-order valence-electron chi connectivity index (χ4n) is 4.25. The molecule has 5 heteroatoms. The quantitative estimate of drug-likeness (QED) is 0.823. The van der Waals surface area contributed by atoms with E-state index in [1.807, 2.05) is 0 Å². The number of rotatable bonds is 3. The van der Waals surface area contributed by atoms with Crippen LogP contribution in [0.4, 0.5) is 0 Å². The SMILES string of the molecule is CN1CCN(C2CN(Cc3c4c(nn3C)CCCC4)C2)CC1. The highest BCUT2D eigenvalue weighted by Gasteiger charge is 2.34. The van der Waals surface area contributed by atoms with Crippen LogP contribution in [-0.2, 0) is 26.4 Å². The third kappa shape index (κ3) is 2.70. The number of piperazine rings is 1. The number of nitrogens with zero attached hydrogens (tertiary/aromatic N) is 5. The van der Waals surface area contributed by atoms with Gasteiger partial charge in [-0.25, -0.2) is 0 Å². The molecule has 0 saturated carbocycles. The molecule has 0 bridgehead atoms. The van der Waals surface area contributed by atoms with Crippen molar-refractivity contribution in [3.8, 4) is 0 Å². The van der Waals surface area contributed by atoms with Gasteiger partial charge < -0.3 is 4.90 Å². The van der Waals surface area contributed by atoms with E-state index in [2.05, 4.69) is 33.5 Å². The van der Waals surface area contributed by atoms with Gasteiger partial charge in [0.2, 0.25) is 0 Å². The number of fused-ring (bicyclic) bond motifs is 1. The molecule has 0 N–H and O–H groups in total. The van der Waals surface area contributed by atoms with Gasteiger partial charge in [-0.15, -0.1) is 0 Å². The molecule has 1 aliphatic carbocycles. The normalized spacial score (nSPS) is 25.2. The molecule has 0 atom stereocenters. The van der Waals surface area contributed by atoms with E-state index >= 15 is 0 Å². The van der Waals surface area contributed by atoms with E-state index in [0.717, 1.165) is 12.6 Å². The van der Waals surface area contributed by atoms with Gasteiger partial charge in [-0.1, -0.05) is 0 Å². The maximum absolute atomic E-state index is 4.75. The number of hydrogen-bond donors (Lipinski definition) is 0. The Hall–Kier alpha value is -0.910. The lowest BCUT2D eigenvalue weighted by molar-refractivity contribution is 0.00425. The molecule has 1 aromatic heterocycles. The van der Waals surface area contributed by atoms with E-state index in [-0.39, 0.29) is 0 Å². The van der Waals surface area contributed by atoms with Crippen LogP contribution < -0.4 is 0 Å². The maximum atomic E-state index is 4.75. The average Bonchev–Trinajstić information content (AvgIpc) is 2.79. The minimum Gasteiger partial charge on any atom is -0.304 e. The van der Waals surface area contributed by atoms with Gasteiger partial charge in [-0.05, 0) is 38.3 Å². The first kappa shape index (κ1) is 14.7. The Morgan fingerprint density at radius 1 is 1.00 bits per heavy atom. The van der Waals surface area contributed by atoms with Gasteiger partial charge in [0.15, 0.2) is 0 Å². The van der Waals surface area contributed by atoms with Crippen LogP contribution in [0.1, 0.15) is 29.8 Å². The van der Waals surface area contributed by atoms with Crippen molar-refractivity contribution in [2.45, 2.75) is 38.3 Å². The van der Waals surface area contributed by atoms with Gasteiger partial charge in [-0.2, -0.15) is 5.10 Å². The van der Waals surface area contributed by atoms with Crippen molar-refractivity contribution in [2.24, 2.45) is 7.05 Å². The molecular formula is C17H29N5. The zero-order valence-corrected chi connectivity index (χ0v) is 14.1. The Morgan fingerprint density at radius 2 is 1.73 bits per heavy atom. The van der Waals surface area contributed by atoms with Gasteiger partial charge in [-0.3, -0.25) is 14.5 Å². The largest absolute Gasteiger partial charge is 0.304 e. The summed E-state index contributed by atoms with van der Waals surface area (Å²) in [4.78, 5) is 7.74. The lowest BCUT2D eigenvalue weighted by Gasteiger charge is -2.48. The monoisotopic (exact) mass is 303 g/mol. The van der Waals surface area contributed by atoms with Crippen molar-refractivity contribution >= 4 is 0 Å². The lowest BCUT2D eigenvalue weighted by Crippen LogP contribution is -2.62. The number of likely N-dealkylation sites (tertiary alicyclic amines) is 1. The van der Waals surface area contributed by atoms with Gasteiger partial charge >= 0.3 is 0 Å². The van der Waals surface area contributed by atoms with Crippen LogP contribution in [0.25, 0.3) is 0 Å². The number of aryl methyl sites for hydroxylation is 2. The molecule has 3 heterocycles. The summed E-state index contributed by atoms with van der Waals surface area (Å²) in [5.74, 6) is 0. The molecule has 2 aliphatic heterocycles. The van der Waals surface area contributed by atoms with E-state index in [4.69, 9.17) is 5.10 Å². The molecule has 0 aromatic carbocycles. The predicted molar refractivity (Wildman–Crippen MR) is 88.0 cm³/mol. The molecule has 0 spiro atoms. The minimum absolute atomic E-state index is 0.790. The fourth-order valence-corrected chi connectivity index (χ4v) is 4.25. The van der Waals surface area contributed by atoms with Crippen molar-refractivity contribution in [2.75, 3.05) is 46.3 Å². The molecule has 0 amide bonds. The Kier molecular flexibility index (Phi) is 3.96. The highest BCUT2D eigenvalue weighted by atomic mass is 15.4. The Morgan fingerprint density at radius 3 is 2.50 bits per heavy atom. The molecule has 0 radical (unpaired) electrons. The Bertz CT molecular complexity index is 523. The lowest BCUT2D eigenvalue weighted by atomic mass is 9.95. The van der Waals surface area contributed by atoms with Crippen molar-refractivity contribution < 1.29 is 0 Å². The Balaban J connectivity index is 1.34. The van der Waals surface area contributed by atoms with Crippen LogP contribution in [0.5, 0.6) is 0 Å². The third-order valence-electron chi connectivity index (χ3n) is 5.81. The number of aromatic nitrogens is 2. The van der Waals surface area contributed by atoms with Gasteiger partial charge in [0.05, 0.1) is 11.4 Å². The maximum Gasteiger partial charge on any atom is 0.0659 e. The van der Waals surface area contributed by atoms with Gasteiger partial charge in [0, 0.05) is 58.9 Å². The topological polar surface area (TPSA) is 27.5 Å². The van der Waals surface area contributed by atoms with Crippen LogP contribution in [0.3, 0.4) is 0 Å². The third-order valence-corrected chi connectivity index (χ3v) is 5.81. The molecular weight excluding hydrogens is 274 g/mol. The molecule has 2 fully saturated rings. The summed E-state index contributed by atoms with van der Waals surface area (Å²) in [6, 6.07) is 0.790. The van der Waals surface area contributed by atoms with Crippen LogP contribution in [0, 0.1) is 0 Å². The first-order chi connectivity index (χ1) is 10.7. The Labute approximate surface area is 133 Å². The molecule has 3 aliphatic rings. The van der Waals surface area contributed by atoms with Crippen molar-refractivity contribution in [1.29, 1.82) is 0 Å². The molecule has 5 nitrogen and oxygen atoms in total. The molecule has 4 rings (SSSR count). The summed E-state index contributed by atoms with van der Waals surface area (Å²) >= 11 is 0. The summed E-state index contributed by atoms with van der Waals surface area (Å²) in [5.41, 5.74) is 4.42. The highest BCUT2D eigenvalue weighted by molar-refractivity contribution is 5.28. The summed E-state index contributed by atoms with van der Waals surface area (Å²) in [6.07, 6.45) is 5.09. The minimum atomic E-state index is 0.790. The summed E-state index contributed by atoms with van der Waals surface area (Å²) in [7, 11) is 4.36. The second-order valence-corrected chi connectivity index (χ2v) is 7.39. The van der Waals surface area contributed by atoms with Crippen LogP contribution in [0.15, 0.2) is 0 Å². The van der Waals surface area contributed by atoms with Gasteiger partial charge in [0.25, 0.3) is 0 Å². The summed E-state index contributed by atoms with van der Waals surface area (Å²) < 4.78 is 2.15. The fraction of sp³-hybridized carbons (Fsp3) is 0.824. The second-order valence-electron chi connectivity index (χ2n) is 7.39. The average molecular weight is 303 g/mol. The van der Waals surface area contributed by atoms with Crippen molar-refractivity contribution in [3.05, 3.63) is 17.0 Å². The molecule has 0 unspecified atom stereocenters. The first-order valence-electron chi connectivity index (χ1n) is 8.89. The molecule has 122 valence electrons. The zero-order valence-electron chi connectivity index (χ0n) is 14.1. The van der Waals surface area contributed by atoms with Gasteiger partial charge in [0.1, 0.15) is 0 Å². The van der Waals surface area contributed by atoms with E-state index in [1.54, 1.807) is 5.56 Å². The number of likely N-dealkylation sites (N-methyl/N-ethyl adjacent to an activating group) is 1. The highest BCUT2D eigenvalue weighted by Crippen LogP contribution is 2.26. The first-order valence-corrected chi connectivity index (χ1v) is 8.89. The van der Waals surface area contributed by atoms with Crippen molar-refractivity contribution in [1.82, 2.24) is 24.5 Å². The second kappa shape index (κ2) is 5.95. The van der Waals surface area contributed by atoms with Crippen molar-refractivity contribution in [3.63, 3.8) is 0 Å². The smallest absolute Gasteiger partial charge is 0.0659 e. The van der Waals surface area contributed by atoms with Crippen LogP contribution >= 0.6 is 0 Å². The summed E-state index contributed by atoms with van der Waals surface area (Å²) in [6.45, 7) is 8.53. The van der Waals surface area contributed by atoms with Crippen LogP contribution in [0.2, 0.25) is 0 Å². The number of hydrogen-bond acceptors (Lipinski definition) is 4. The summed E-state index contributed by atoms with van der Waals surface area (Å²) in [5, 5.41) is 4.75. The standard InChI is InChI=1S/C17H29N5/c1-19-7-9-22(10-8-19)14-11-21(12-14)13-17-15-5-3-4-6-16(15)18-20(17)2/h14H,3-13H2,1-2H3. The molecule has 22 heavy (non-hydrogen) atoms. The van der Waals surface area contributed by atoms with Crippen LogP contribution in [-0.4, -0.2) is 76.8 Å². The zero-order chi connectivity index (χ0) is 15.1. The van der Waals surface area contributed by atoms with E-state index in [1.165, 1.54) is 76.3 Å². The molecule has 2 saturated heterocycles. The van der Waals surface area contributed by atoms with E-state index in [9.17, 15) is 0 Å². The molecule has 1 aromatic rings.